The zero-order valence-corrected chi connectivity index (χ0v) is 28.3. The molecule has 0 bridgehead atoms. The molecule has 0 aliphatic carbocycles. The molecule has 238 valence electrons. The van der Waals surface area contributed by atoms with Gasteiger partial charge in [-0.2, -0.15) is 0 Å². The Morgan fingerprint density at radius 2 is 1.06 bits per heavy atom. The fourth-order valence-electron chi connectivity index (χ4n) is 8.18. The third-order valence-corrected chi connectivity index (χ3v) is 11.5. The van der Waals surface area contributed by atoms with Crippen molar-refractivity contribution in [1.29, 1.82) is 0 Å². The van der Waals surface area contributed by atoms with Crippen LogP contribution in [0.25, 0.3) is 85.6 Å². The summed E-state index contributed by atoms with van der Waals surface area (Å²) in [6, 6.07) is 63.9. The quantitative estimate of drug-likeness (QED) is 0.174. The van der Waals surface area contributed by atoms with Crippen LogP contribution < -0.4 is 4.90 Å². The lowest BCUT2D eigenvalue weighted by Crippen LogP contribution is -2.12. The number of fused-ring (bicyclic) bond motifs is 10. The first kappa shape index (κ1) is 28.4. The summed E-state index contributed by atoms with van der Waals surface area (Å²) >= 11 is 1.85. The summed E-state index contributed by atoms with van der Waals surface area (Å²) in [6.07, 6.45) is 0. The largest absolute Gasteiger partial charge is 0.456 e. The van der Waals surface area contributed by atoms with Gasteiger partial charge in [-0.05, 0) is 75.0 Å². The Morgan fingerprint density at radius 3 is 1.92 bits per heavy atom. The van der Waals surface area contributed by atoms with Crippen LogP contribution in [-0.2, 0) is 0 Å². The molecule has 0 aliphatic rings. The van der Waals surface area contributed by atoms with Crippen LogP contribution in [0.2, 0.25) is 0 Å². The smallest absolute Gasteiger partial charge is 0.137 e. The number of thiophene rings is 1. The van der Waals surface area contributed by atoms with Crippen molar-refractivity contribution in [1.82, 2.24) is 0 Å². The van der Waals surface area contributed by atoms with Crippen molar-refractivity contribution in [2.45, 2.75) is 0 Å². The normalized spacial score (nSPS) is 11.9. The highest BCUT2D eigenvalue weighted by Gasteiger charge is 2.26. The van der Waals surface area contributed by atoms with Crippen LogP contribution in [0.15, 0.2) is 180 Å². The average Bonchev–Trinajstić information content (AvgIpc) is 3.76. The third-order valence-electron chi connectivity index (χ3n) is 10.4. The molecule has 0 amide bonds. The number of nitrogens with zero attached hydrogens (tertiary/aromatic N) is 1. The monoisotopic (exact) mass is 667 g/mol. The van der Waals surface area contributed by atoms with Gasteiger partial charge in [0.15, 0.2) is 0 Å². The van der Waals surface area contributed by atoms with E-state index >= 15 is 0 Å². The zero-order chi connectivity index (χ0) is 33.5. The molecule has 51 heavy (non-hydrogen) atoms. The van der Waals surface area contributed by atoms with Crippen molar-refractivity contribution in [2.75, 3.05) is 4.90 Å². The highest BCUT2D eigenvalue weighted by molar-refractivity contribution is 7.26. The first-order chi connectivity index (χ1) is 25.3. The average molecular weight is 668 g/mol. The highest BCUT2D eigenvalue weighted by atomic mass is 32.1. The molecule has 0 fully saturated rings. The summed E-state index contributed by atoms with van der Waals surface area (Å²) in [4.78, 5) is 2.51. The molecule has 11 rings (SSSR count). The second-order valence-corrected chi connectivity index (χ2v) is 14.3. The van der Waals surface area contributed by atoms with Gasteiger partial charge in [-0.3, -0.25) is 0 Å². The Labute approximate surface area is 298 Å². The molecule has 2 nitrogen and oxygen atoms in total. The van der Waals surface area contributed by atoms with E-state index in [-0.39, 0.29) is 0 Å². The minimum absolute atomic E-state index is 0.874. The molecular formula is C48H29NOS. The first-order valence-corrected chi connectivity index (χ1v) is 18.2. The van der Waals surface area contributed by atoms with Gasteiger partial charge in [-0.1, -0.05) is 127 Å². The predicted octanol–water partition coefficient (Wildman–Crippen LogP) is 14.6. The molecule has 11 aromatic rings. The van der Waals surface area contributed by atoms with Crippen LogP contribution in [0, 0.1) is 0 Å². The Bertz CT molecular complexity index is 3170. The van der Waals surface area contributed by atoms with Crippen LogP contribution in [0.4, 0.5) is 17.1 Å². The van der Waals surface area contributed by atoms with E-state index in [1.165, 1.54) is 63.6 Å². The molecule has 2 aromatic heterocycles. The maximum atomic E-state index is 6.55. The summed E-state index contributed by atoms with van der Waals surface area (Å²) in [7, 11) is 0. The molecule has 0 saturated carbocycles. The van der Waals surface area contributed by atoms with Gasteiger partial charge in [0.1, 0.15) is 11.2 Å². The van der Waals surface area contributed by atoms with Crippen LogP contribution in [-0.4, -0.2) is 0 Å². The molecule has 0 atom stereocenters. The van der Waals surface area contributed by atoms with Gasteiger partial charge in [0.05, 0.1) is 11.4 Å². The number of hydrogen-bond acceptors (Lipinski definition) is 3. The fraction of sp³-hybridized carbons (Fsp3) is 0. The number of rotatable bonds is 4. The van der Waals surface area contributed by atoms with E-state index in [2.05, 4.69) is 175 Å². The van der Waals surface area contributed by atoms with Crippen LogP contribution in [0.3, 0.4) is 0 Å². The van der Waals surface area contributed by atoms with Crippen molar-refractivity contribution in [2.24, 2.45) is 0 Å². The molecule has 9 aromatic carbocycles. The lowest BCUT2D eigenvalue weighted by atomic mass is 9.89. The van der Waals surface area contributed by atoms with Gasteiger partial charge in [0.2, 0.25) is 0 Å². The van der Waals surface area contributed by atoms with Gasteiger partial charge < -0.3 is 9.32 Å². The second kappa shape index (κ2) is 11.0. The van der Waals surface area contributed by atoms with E-state index in [0.717, 1.165) is 39.0 Å². The minimum atomic E-state index is 0.874. The molecular weight excluding hydrogens is 639 g/mol. The number of furan rings is 1. The Hall–Kier alpha value is -6.42. The Balaban J connectivity index is 1.33. The fourth-order valence-corrected chi connectivity index (χ4v) is 9.30. The van der Waals surface area contributed by atoms with E-state index in [0.29, 0.717) is 0 Å². The van der Waals surface area contributed by atoms with Crippen molar-refractivity contribution >= 4 is 103 Å². The van der Waals surface area contributed by atoms with Crippen molar-refractivity contribution in [3.63, 3.8) is 0 Å². The minimum Gasteiger partial charge on any atom is -0.456 e. The number of para-hydroxylation sites is 1. The molecule has 0 spiro atoms. The lowest BCUT2D eigenvalue weighted by Gasteiger charge is -2.31. The van der Waals surface area contributed by atoms with Crippen LogP contribution in [0.1, 0.15) is 0 Å². The molecule has 0 N–H and O–H groups in total. The zero-order valence-electron chi connectivity index (χ0n) is 27.5. The van der Waals surface area contributed by atoms with Crippen molar-refractivity contribution in [3.05, 3.63) is 176 Å². The summed E-state index contributed by atoms with van der Waals surface area (Å²) in [5.74, 6) is 0. The van der Waals surface area contributed by atoms with Crippen LogP contribution in [0.5, 0.6) is 0 Å². The standard InChI is InChI=1S/C48H29NOS/c1-2-13-31-28-32(25-24-30(31)12-1)46-38-17-5-3-14-34(38)35-15-4-6-18-39(35)48(46)49(33-26-27-37-36-16-7-9-21-42(36)50-43(37)29-33)41-20-11-23-45-47(41)40-19-8-10-22-44(40)51-45/h1-29H. The lowest BCUT2D eigenvalue weighted by molar-refractivity contribution is 0.669. The van der Waals surface area contributed by atoms with E-state index in [9.17, 15) is 0 Å². The topological polar surface area (TPSA) is 16.4 Å². The van der Waals surface area contributed by atoms with E-state index < -0.39 is 0 Å². The molecule has 0 unspecified atom stereocenters. The van der Waals surface area contributed by atoms with Gasteiger partial charge in [-0.15, -0.1) is 11.3 Å². The SMILES string of the molecule is c1ccc2cc(-c3c(N(c4ccc5c(c4)oc4ccccc45)c4cccc5sc6ccccc6c45)c4ccccc4c4ccccc34)ccc2c1. The third kappa shape index (κ3) is 4.29. The first-order valence-electron chi connectivity index (χ1n) is 17.3. The maximum absolute atomic E-state index is 6.55. The van der Waals surface area contributed by atoms with E-state index in [1.54, 1.807) is 0 Å². The van der Waals surface area contributed by atoms with E-state index in [1.807, 2.05) is 17.4 Å². The van der Waals surface area contributed by atoms with Crippen LogP contribution >= 0.6 is 11.3 Å². The molecule has 0 saturated heterocycles. The molecule has 0 aliphatic heterocycles. The molecule has 2 heterocycles. The maximum Gasteiger partial charge on any atom is 0.137 e. The molecule has 3 heteroatoms. The molecule has 0 radical (unpaired) electrons. The summed E-state index contributed by atoms with van der Waals surface area (Å²) in [5, 5.41) is 12.1. The Kier molecular flexibility index (Phi) is 6.16. The number of hydrogen-bond donors (Lipinski definition) is 0. The van der Waals surface area contributed by atoms with E-state index in [4.69, 9.17) is 4.42 Å². The predicted molar refractivity (Wildman–Crippen MR) is 219 cm³/mol. The summed E-state index contributed by atoms with van der Waals surface area (Å²) < 4.78 is 9.10. The van der Waals surface area contributed by atoms with Crippen molar-refractivity contribution in [3.8, 4) is 11.1 Å². The van der Waals surface area contributed by atoms with Crippen molar-refractivity contribution < 1.29 is 4.42 Å². The number of benzene rings is 9. The van der Waals surface area contributed by atoms with Gasteiger partial charge in [0, 0.05) is 53.6 Å². The summed E-state index contributed by atoms with van der Waals surface area (Å²) in [5.41, 5.74) is 7.50. The van der Waals surface area contributed by atoms with Gasteiger partial charge >= 0.3 is 0 Å². The highest BCUT2D eigenvalue weighted by Crippen LogP contribution is 2.52. The van der Waals surface area contributed by atoms with Gasteiger partial charge in [-0.25, -0.2) is 0 Å². The number of anilines is 3. The van der Waals surface area contributed by atoms with Gasteiger partial charge in [0.25, 0.3) is 0 Å². The Morgan fingerprint density at radius 1 is 0.412 bits per heavy atom. The summed E-state index contributed by atoms with van der Waals surface area (Å²) in [6.45, 7) is 0. The second-order valence-electron chi connectivity index (χ2n) is 13.2.